The minimum atomic E-state index is 0.0193. The second-order valence-electron chi connectivity index (χ2n) is 3.70. The molecule has 0 bridgehead atoms. The summed E-state index contributed by atoms with van der Waals surface area (Å²) in [4.78, 5) is 4.11. The fourth-order valence-electron chi connectivity index (χ4n) is 1.65. The summed E-state index contributed by atoms with van der Waals surface area (Å²) in [7, 11) is 1.55. The van der Waals surface area contributed by atoms with Gasteiger partial charge in [-0.2, -0.15) is 0 Å². The van der Waals surface area contributed by atoms with E-state index in [4.69, 9.17) is 27.5 Å². The summed E-state index contributed by atoms with van der Waals surface area (Å²) in [5.74, 6) is 0.505. The van der Waals surface area contributed by atoms with Crippen LogP contribution in [0.4, 0.5) is 0 Å². The molecule has 0 radical (unpaired) electrons. The third-order valence-electron chi connectivity index (χ3n) is 2.50. The van der Waals surface area contributed by atoms with Gasteiger partial charge < -0.3 is 10.5 Å². The van der Waals surface area contributed by atoms with Crippen molar-refractivity contribution >= 4 is 17.4 Å². The van der Waals surface area contributed by atoms with Crippen LogP contribution >= 0.6 is 11.6 Å². The van der Waals surface area contributed by atoms with Gasteiger partial charge in [-0.3, -0.25) is 5.41 Å². The van der Waals surface area contributed by atoms with Crippen molar-refractivity contribution in [3.8, 4) is 17.0 Å². The molecular formula is C13H12ClN3O. The zero-order chi connectivity index (χ0) is 13.1. The standard InChI is InChI=1S/C13H12ClN3O/c1-18-13-11(6-10(14)7-17-13)8-3-2-4-9(5-8)12(15)16/h2-7H,1H3,(H3,15,16). The predicted molar refractivity (Wildman–Crippen MR) is 72.3 cm³/mol. The molecule has 1 aromatic heterocycles. The largest absolute Gasteiger partial charge is 0.481 e. The number of ether oxygens (including phenoxy) is 1. The van der Waals surface area contributed by atoms with Crippen LogP contribution in [0.3, 0.4) is 0 Å². The summed E-state index contributed by atoms with van der Waals surface area (Å²) < 4.78 is 5.20. The van der Waals surface area contributed by atoms with E-state index in [1.54, 1.807) is 25.3 Å². The number of nitrogen functional groups attached to an aromatic ring is 1. The highest BCUT2D eigenvalue weighted by molar-refractivity contribution is 6.30. The summed E-state index contributed by atoms with van der Waals surface area (Å²) in [6, 6.07) is 9.07. The van der Waals surface area contributed by atoms with E-state index in [0.717, 1.165) is 11.1 Å². The number of nitrogens with two attached hydrogens (primary N) is 1. The molecule has 2 aromatic rings. The van der Waals surface area contributed by atoms with Crippen LogP contribution in [-0.4, -0.2) is 17.9 Å². The quantitative estimate of drug-likeness (QED) is 0.659. The van der Waals surface area contributed by atoms with Crippen molar-refractivity contribution in [3.63, 3.8) is 0 Å². The van der Waals surface area contributed by atoms with Gasteiger partial charge in [0.05, 0.1) is 12.1 Å². The van der Waals surface area contributed by atoms with Crippen LogP contribution in [0, 0.1) is 5.41 Å². The molecule has 0 unspecified atom stereocenters. The first-order valence-electron chi connectivity index (χ1n) is 5.26. The van der Waals surface area contributed by atoms with Crippen LogP contribution in [0.5, 0.6) is 5.88 Å². The molecule has 0 saturated carbocycles. The van der Waals surface area contributed by atoms with Gasteiger partial charge in [-0.05, 0) is 17.7 Å². The van der Waals surface area contributed by atoms with Crippen molar-refractivity contribution in [3.05, 3.63) is 47.1 Å². The molecule has 1 aromatic carbocycles. The highest BCUT2D eigenvalue weighted by Crippen LogP contribution is 2.30. The van der Waals surface area contributed by atoms with E-state index < -0.39 is 0 Å². The molecule has 0 aliphatic carbocycles. The average Bonchev–Trinajstić information content (AvgIpc) is 2.39. The van der Waals surface area contributed by atoms with Crippen LogP contribution in [-0.2, 0) is 0 Å². The van der Waals surface area contributed by atoms with Crippen molar-refractivity contribution in [2.75, 3.05) is 7.11 Å². The van der Waals surface area contributed by atoms with Gasteiger partial charge >= 0.3 is 0 Å². The first kappa shape index (κ1) is 12.4. The van der Waals surface area contributed by atoms with E-state index >= 15 is 0 Å². The smallest absolute Gasteiger partial charge is 0.221 e. The van der Waals surface area contributed by atoms with Crippen LogP contribution in [0.2, 0.25) is 5.02 Å². The lowest BCUT2D eigenvalue weighted by Crippen LogP contribution is -2.10. The Kier molecular flexibility index (Phi) is 3.48. The van der Waals surface area contributed by atoms with Crippen molar-refractivity contribution in [1.82, 2.24) is 4.98 Å². The van der Waals surface area contributed by atoms with E-state index in [9.17, 15) is 0 Å². The van der Waals surface area contributed by atoms with E-state index in [-0.39, 0.29) is 5.84 Å². The van der Waals surface area contributed by atoms with Crippen LogP contribution in [0.15, 0.2) is 36.5 Å². The number of hydrogen-bond acceptors (Lipinski definition) is 3. The van der Waals surface area contributed by atoms with Crippen molar-refractivity contribution in [2.45, 2.75) is 0 Å². The molecule has 1 heterocycles. The Morgan fingerprint density at radius 2 is 2.17 bits per heavy atom. The van der Waals surface area contributed by atoms with Gasteiger partial charge in [-0.25, -0.2) is 4.98 Å². The minimum absolute atomic E-state index is 0.0193. The summed E-state index contributed by atoms with van der Waals surface area (Å²) >= 11 is 5.94. The molecule has 0 aliphatic rings. The number of aromatic nitrogens is 1. The highest BCUT2D eigenvalue weighted by Gasteiger charge is 2.09. The second-order valence-corrected chi connectivity index (χ2v) is 4.14. The van der Waals surface area contributed by atoms with Crippen molar-refractivity contribution < 1.29 is 4.74 Å². The fraction of sp³-hybridized carbons (Fsp3) is 0.0769. The molecule has 0 saturated heterocycles. The number of amidine groups is 1. The first-order valence-corrected chi connectivity index (χ1v) is 5.64. The minimum Gasteiger partial charge on any atom is -0.481 e. The number of methoxy groups -OCH3 is 1. The third-order valence-corrected chi connectivity index (χ3v) is 2.70. The van der Waals surface area contributed by atoms with E-state index in [1.807, 2.05) is 12.1 Å². The summed E-state index contributed by atoms with van der Waals surface area (Å²) in [5, 5.41) is 7.97. The Morgan fingerprint density at radius 1 is 1.39 bits per heavy atom. The van der Waals surface area contributed by atoms with Gasteiger partial charge in [-0.15, -0.1) is 0 Å². The Bertz CT molecular complexity index is 599. The molecular weight excluding hydrogens is 250 g/mol. The number of nitrogens with one attached hydrogen (secondary N) is 1. The summed E-state index contributed by atoms with van der Waals surface area (Å²) in [6.45, 7) is 0. The maximum atomic E-state index is 7.44. The molecule has 0 amide bonds. The maximum absolute atomic E-state index is 7.44. The van der Waals surface area contributed by atoms with Crippen molar-refractivity contribution in [1.29, 1.82) is 5.41 Å². The van der Waals surface area contributed by atoms with Crippen LogP contribution in [0.1, 0.15) is 5.56 Å². The van der Waals surface area contributed by atoms with Gasteiger partial charge in [0.25, 0.3) is 0 Å². The lowest BCUT2D eigenvalue weighted by atomic mass is 10.0. The number of halogens is 1. The van der Waals surface area contributed by atoms with Crippen LogP contribution < -0.4 is 10.5 Å². The normalized spacial score (nSPS) is 10.1. The summed E-state index contributed by atoms with van der Waals surface area (Å²) in [6.07, 6.45) is 1.53. The predicted octanol–water partition coefficient (Wildman–Crippen LogP) is 2.69. The van der Waals surface area contributed by atoms with Crippen LogP contribution in [0.25, 0.3) is 11.1 Å². The molecule has 2 rings (SSSR count). The van der Waals surface area contributed by atoms with Gasteiger partial charge in [0.1, 0.15) is 5.84 Å². The first-order chi connectivity index (χ1) is 8.61. The lowest BCUT2D eigenvalue weighted by molar-refractivity contribution is 0.399. The molecule has 0 spiro atoms. The fourth-order valence-corrected chi connectivity index (χ4v) is 1.81. The van der Waals surface area contributed by atoms with E-state index in [0.29, 0.717) is 16.5 Å². The molecule has 0 aliphatic heterocycles. The molecule has 3 N–H and O–H groups in total. The van der Waals surface area contributed by atoms with Crippen molar-refractivity contribution in [2.24, 2.45) is 5.73 Å². The number of pyridine rings is 1. The molecule has 18 heavy (non-hydrogen) atoms. The van der Waals surface area contributed by atoms with Gasteiger partial charge in [0.15, 0.2) is 0 Å². The van der Waals surface area contributed by atoms with Gasteiger partial charge in [-0.1, -0.05) is 29.8 Å². The molecule has 0 fully saturated rings. The van der Waals surface area contributed by atoms with E-state index in [2.05, 4.69) is 4.98 Å². The zero-order valence-electron chi connectivity index (χ0n) is 9.77. The number of nitrogens with zero attached hydrogens (tertiary/aromatic N) is 1. The Morgan fingerprint density at radius 3 is 2.83 bits per heavy atom. The number of rotatable bonds is 3. The second kappa shape index (κ2) is 5.06. The van der Waals surface area contributed by atoms with Gasteiger partial charge in [0, 0.05) is 17.3 Å². The number of benzene rings is 1. The average molecular weight is 262 g/mol. The Labute approximate surface area is 110 Å². The Hall–Kier alpha value is -2.07. The Balaban J connectivity index is 2.57. The SMILES string of the molecule is COc1ncc(Cl)cc1-c1cccc(C(=N)N)c1. The molecule has 0 atom stereocenters. The zero-order valence-corrected chi connectivity index (χ0v) is 10.5. The van der Waals surface area contributed by atoms with Gasteiger partial charge in [0.2, 0.25) is 5.88 Å². The molecule has 5 heteroatoms. The molecule has 92 valence electrons. The van der Waals surface area contributed by atoms with E-state index in [1.165, 1.54) is 6.20 Å². The topological polar surface area (TPSA) is 72.0 Å². The summed E-state index contributed by atoms with van der Waals surface area (Å²) in [5.41, 5.74) is 7.75. The number of hydrogen-bond donors (Lipinski definition) is 2. The molecule has 4 nitrogen and oxygen atoms in total. The monoisotopic (exact) mass is 261 g/mol. The maximum Gasteiger partial charge on any atom is 0.221 e. The highest BCUT2D eigenvalue weighted by atomic mass is 35.5. The third kappa shape index (κ3) is 2.43. The lowest BCUT2D eigenvalue weighted by Gasteiger charge is -2.09.